The van der Waals surface area contributed by atoms with Crippen molar-refractivity contribution in [3.05, 3.63) is 41.1 Å². The molecule has 3 aliphatic rings. The lowest BCUT2D eigenvalue weighted by atomic mass is 9.89. The smallest absolute Gasteiger partial charge is 0.490 e. The van der Waals surface area contributed by atoms with E-state index in [4.69, 9.17) is 19.1 Å². The summed E-state index contributed by atoms with van der Waals surface area (Å²) in [5, 5.41) is 7.12. The van der Waals surface area contributed by atoms with E-state index in [1.165, 1.54) is 10.6 Å². The molecular formula is C31H44F3N5O7S. The first-order valence-electron chi connectivity index (χ1n) is 15.6. The topological polar surface area (TPSA) is 137 Å². The van der Waals surface area contributed by atoms with Gasteiger partial charge < -0.3 is 24.1 Å². The molecule has 3 fully saturated rings. The van der Waals surface area contributed by atoms with Gasteiger partial charge in [0.15, 0.2) is 5.69 Å². The molecule has 12 nitrogen and oxygen atoms in total. The van der Waals surface area contributed by atoms with Crippen molar-refractivity contribution in [2.24, 2.45) is 0 Å². The number of sulfonamides is 1. The number of likely N-dealkylation sites (N-methyl/N-ethyl adjacent to an activating group) is 1. The lowest BCUT2D eigenvalue weighted by Crippen LogP contribution is -2.51. The van der Waals surface area contributed by atoms with Crippen molar-refractivity contribution < 1.29 is 45.4 Å². The van der Waals surface area contributed by atoms with Gasteiger partial charge in [0, 0.05) is 51.4 Å². The average molecular weight is 688 g/mol. The van der Waals surface area contributed by atoms with Crippen molar-refractivity contribution in [3.63, 3.8) is 0 Å². The van der Waals surface area contributed by atoms with Crippen LogP contribution in [0.5, 0.6) is 5.75 Å². The Bertz CT molecular complexity index is 1490. The highest BCUT2D eigenvalue weighted by Crippen LogP contribution is 2.36. The summed E-state index contributed by atoms with van der Waals surface area (Å²) in [6, 6.07) is 4.14. The van der Waals surface area contributed by atoms with E-state index in [2.05, 4.69) is 21.8 Å². The average Bonchev–Trinajstić information content (AvgIpc) is 3.75. The van der Waals surface area contributed by atoms with Crippen LogP contribution in [0.3, 0.4) is 0 Å². The van der Waals surface area contributed by atoms with Gasteiger partial charge in [0.05, 0.1) is 18.6 Å². The highest BCUT2D eigenvalue weighted by Gasteiger charge is 2.41. The Morgan fingerprint density at radius 3 is 2.04 bits per heavy atom. The Kier molecular flexibility index (Phi) is 11.6. The Balaban J connectivity index is 0.000000644. The molecule has 1 saturated heterocycles. The summed E-state index contributed by atoms with van der Waals surface area (Å²) in [5.74, 6) is -2.08. The van der Waals surface area contributed by atoms with Crippen molar-refractivity contribution in [1.82, 2.24) is 24.0 Å². The van der Waals surface area contributed by atoms with E-state index >= 15 is 0 Å². The molecule has 2 saturated carbocycles. The number of aromatic nitrogens is 1. The Hall–Kier alpha value is -3.21. The quantitative estimate of drug-likeness (QED) is 0.413. The lowest BCUT2D eigenvalue weighted by Gasteiger charge is -2.42. The molecule has 16 heteroatoms. The first kappa shape index (κ1) is 36.6. The number of methoxy groups -OCH3 is 1. The van der Waals surface area contributed by atoms with Gasteiger partial charge in [-0.3, -0.25) is 9.69 Å². The largest absolute Gasteiger partial charge is 0.497 e. The van der Waals surface area contributed by atoms with Crippen LogP contribution in [-0.4, -0.2) is 121 Å². The van der Waals surface area contributed by atoms with Gasteiger partial charge in [-0.25, -0.2) is 18.2 Å². The molecule has 47 heavy (non-hydrogen) atoms. The maximum Gasteiger partial charge on any atom is 0.490 e. The molecule has 0 atom stereocenters. The van der Waals surface area contributed by atoms with Gasteiger partial charge in [-0.15, -0.1) is 0 Å². The van der Waals surface area contributed by atoms with Gasteiger partial charge in [-0.2, -0.15) is 17.5 Å². The number of hydrogen-bond acceptors (Lipinski definition) is 9. The summed E-state index contributed by atoms with van der Waals surface area (Å²) in [6.07, 6.45) is 1.99. The molecule has 5 rings (SSSR count). The van der Waals surface area contributed by atoms with Crippen LogP contribution in [0.4, 0.5) is 13.2 Å². The van der Waals surface area contributed by atoms with E-state index in [1.54, 1.807) is 38.0 Å². The Labute approximate surface area is 273 Å². The number of carboxylic acids is 1. The minimum Gasteiger partial charge on any atom is -0.497 e. The van der Waals surface area contributed by atoms with Gasteiger partial charge in [0.25, 0.3) is 5.91 Å². The first-order chi connectivity index (χ1) is 22.0. The zero-order valence-corrected chi connectivity index (χ0v) is 28.2. The first-order valence-corrected chi connectivity index (χ1v) is 17.1. The molecule has 1 aromatic heterocycles. The second kappa shape index (κ2) is 14.9. The molecule has 0 bridgehead atoms. The van der Waals surface area contributed by atoms with E-state index in [-0.39, 0.29) is 41.0 Å². The summed E-state index contributed by atoms with van der Waals surface area (Å²) in [7, 11) is 1.77. The summed E-state index contributed by atoms with van der Waals surface area (Å²) >= 11 is 0. The fraction of sp³-hybridized carbons (Fsp3) is 0.645. The summed E-state index contributed by atoms with van der Waals surface area (Å²) in [4.78, 5) is 33.7. The molecular weight excluding hydrogens is 643 g/mol. The van der Waals surface area contributed by atoms with Crippen LogP contribution in [0, 0.1) is 13.8 Å². The maximum absolute atomic E-state index is 13.8. The second-order valence-electron chi connectivity index (χ2n) is 12.5. The van der Waals surface area contributed by atoms with Gasteiger partial charge in [-0.1, -0.05) is 0 Å². The van der Waals surface area contributed by atoms with Crippen LogP contribution in [0.2, 0.25) is 0 Å². The van der Waals surface area contributed by atoms with Crippen molar-refractivity contribution in [1.29, 1.82) is 0 Å². The number of aryl methyl sites for hydroxylation is 2. The Morgan fingerprint density at radius 2 is 1.55 bits per heavy atom. The molecule has 262 valence electrons. The van der Waals surface area contributed by atoms with Gasteiger partial charge in [-0.05, 0) is 82.7 Å². The minimum absolute atomic E-state index is 0.00889. The van der Waals surface area contributed by atoms with Crippen molar-refractivity contribution in [3.8, 4) is 5.75 Å². The number of rotatable bonds is 9. The van der Waals surface area contributed by atoms with Crippen molar-refractivity contribution in [2.75, 3.05) is 47.4 Å². The number of halogens is 3. The van der Waals surface area contributed by atoms with E-state index in [0.29, 0.717) is 22.9 Å². The third-order valence-corrected chi connectivity index (χ3v) is 11.3. The molecule has 2 heterocycles. The van der Waals surface area contributed by atoms with Crippen LogP contribution >= 0.6 is 0 Å². The number of alkyl halides is 3. The molecule has 1 N–H and O–H groups in total. The number of carbonyl (C=O) groups is 2. The third-order valence-electron chi connectivity index (χ3n) is 9.08. The summed E-state index contributed by atoms with van der Waals surface area (Å²) in [5.41, 5.74) is 1.49. The standard InChI is InChI=1S/C29H43N5O5S.C2HF3O2/c1-20-16-25(38-5)17-21(2)28(20)40(36,37)34(24-10-11-24)18-27-30-26(19-39-27)29(35)32(4)22-6-8-23(9-7-22)33-14-12-31(3)13-15-33;3-2(4,5)1(6)7/h16-17,19,22-24H,6-15,18H2,1-5H3;(H,6,7). The fourth-order valence-corrected chi connectivity index (χ4v) is 8.33. The normalized spacial score (nSPS) is 21.2. The summed E-state index contributed by atoms with van der Waals surface area (Å²) in [6.45, 7) is 8.02. The van der Waals surface area contributed by atoms with Crippen LogP contribution in [0.1, 0.15) is 66.0 Å². The number of nitrogens with zero attached hydrogens (tertiary/aromatic N) is 5. The number of carbonyl (C=O) groups excluding carboxylic acids is 1. The maximum atomic E-state index is 13.8. The van der Waals surface area contributed by atoms with Crippen molar-refractivity contribution >= 4 is 21.9 Å². The van der Waals surface area contributed by atoms with Crippen molar-refractivity contribution in [2.45, 2.75) is 88.1 Å². The number of piperazine rings is 1. The molecule has 1 amide bonds. The van der Waals surface area contributed by atoms with Crippen LogP contribution in [-0.2, 0) is 21.4 Å². The number of hydrogen-bond donors (Lipinski definition) is 1. The monoisotopic (exact) mass is 687 g/mol. The number of carboxylic acid groups (broad SMARTS) is 1. The highest BCUT2D eigenvalue weighted by atomic mass is 32.2. The van der Waals surface area contributed by atoms with Gasteiger partial charge >= 0.3 is 12.1 Å². The predicted octanol–water partition coefficient (Wildman–Crippen LogP) is 3.92. The minimum atomic E-state index is -5.08. The Morgan fingerprint density at radius 1 is 1.02 bits per heavy atom. The molecule has 0 spiro atoms. The third kappa shape index (κ3) is 9.03. The van der Waals surface area contributed by atoms with E-state index < -0.39 is 22.2 Å². The number of benzene rings is 1. The van der Waals surface area contributed by atoms with Gasteiger partial charge in [0.2, 0.25) is 15.9 Å². The van der Waals surface area contributed by atoms with E-state index in [1.807, 2.05) is 7.05 Å². The SMILES string of the molecule is COc1cc(C)c(S(=O)(=O)N(Cc2nc(C(=O)N(C)C3CCC(N4CCN(C)CC4)CC3)co2)C2CC2)c(C)c1.O=C(O)C(F)(F)F. The molecule has 1 aromatic carbocycles. The number of ether oxygens (including phenoxy) is 1. The van der Waals surface area contributed by atoms with Gasteiger partial charge in [0.1, 0.15) is 12.0 Å². The number of aliphatic carboxylic acids is 1. The number of oxazole rings is 1. The molecule has 0 unspecified atom stereocenters. The van der Waals surface area contributed by atoms with E-state index in [9.17, 15) is 26.4 Å². The number of amides is 1. The lowest BCUT2D eigenvalue weighted by molar-refractivity contribution is -0.192. The van der Waals surface area contributed by atoms with Crippen LogP contribution < -0.4 is 4.74 Å². The predicted molar refractivity (Wildman–Crippen MR) is 166 cm³/mol. The molecule has 2 aromatic rings. The van der Waals surface area contributed by atoms with Crippen LogP contribution in [0.25, 0.3) is 0 Å². The molecule has 1 aliphatic heterocycles. The highest BCUT2D eigenvalue weighted by molar-refractivity contribution is 7.89. The zero-order valence-electron chi connectivity index (χ0n) is 27.4. The van der Waals surface area contributed by atoms with Crippen LogP contribution in [0.15, 0.2) is 27.7 Å². The summed E-state index contributed by atoms with van der Waals surface area (Å²) < 4.78 is 71.8. The molecule has 2 aliphatic carbocycles. The fourth-order valence-electron chi connectivity index (χ4n) is 6.28. The second-order valence-corrected chi connectivity index (χ2v) is 14.3. The molecule has 0 radical (unpaired) electrons. The zero-order chi connectivity index (χ0) is 34.7. The van der Waals surface area contributed by atoms with E-state index in [0.717, 1.165) is 64.7 Å².